The number of hydrogen-bond acceptors (Lipinski definition) is 3. The van der Waals surface area contributed by atoms with Crippen LogP contribution in [0.3, 0.4) is 0 Å². The predicted molar refractivity (Wildman–Crippen MR) is 80.4 cm³/mol. The molecule has 1 aromatic heterocycles. The lowest BCUT2D eigenvalue weighted by Crippen LogP contribution is -2.23. The molecule has 0 saturated carbocycles. The third kappa shape index (κ3) is 3.65. The second-order valence-electron chi connectivity index (χ2n) is 5.00. The van der Waals surface area contributed by atoms with Crippen LogP contribution in [0.2, 0.25) is 0 Å². The van der Waals surface area contributed by atoms with Gasteiger partial charge in [0, 0.05) is 17.5 Å². The lowest BCUT2D eigenvalue weighted by molar-refractivity contribution is -0.274. The van der Waals surface area contributed by atoms with Crippen molar-refractivity contribution in [3.63, 3.8) is 0 Å². The number of halogens is 3. The number of aromatic amines is 1. The lowest BCUT2D eigenvalue weighted by Gasteiger charge is -2.10. The van der Waals surface area contributed by atoms with Gasteiger partial charge in [-0.1, -0.05) is 12.1 Å². The minimum atomic E-state index is -4.76. The Morgan fingerprint density at radius 2 is 1.92 bits per heavy atom. The van der Waals surface area contributed by atoms with Gasteiger partial charge in [0.25, 0.3) is 5.91 Å². The monoisotopic (exact) mass is 335 g/mol. The van der Waals surface area contributed by atoms with E-state index >= 15 is 0 Å². The molecule has 0 atom stereocenters. The fourth-order valence-electron chi connectivity index (χ4n) is 2.27. The molecule has 5 nitrogen and oxygen atoms in total. The maximum Gasteiger partial charge on any atom is 0.573 e. The van der Waals surface area contributed by atoms with E-state index < -0.39 is 12.3 Å². The number of carbonyl (C=O) groups excluding carboxylic acids is 1. The van der Waals surface area contributed by atoms with Crippen LogP contribution in [-0.4, -0.2) is 22.5 Å². The van der Waals surface area contributed by atoms with Crippen molar-refractivity contribution in [1.82, 2.24) is 15.5 Å². The smallest absolute Gasteiger partial charge is 0.406 e. The third-order valence-electron chi connectivity index (χ3n) is 3.36. The van der Waals surface area contributed by atoms with Crippen LogP contribution in [-0.2, 0) is 6.54 Å². The van der Waals surface area contributed by atoms with Gasteiger partial charge < -0.3 is 10.1 Å². The van der Waals surface area contributed by atoms with Crippen LogP contribution >= 0.6 is 0 Å². The van der Waals surface area contributed by atoms with E-state index in [-0.39, 0.29) is 17.9 Å². The summed E-state index contributed by atoms with van der Waals surface area (Å²) in [6.45, 7) is 0.274. The number of amides is 1. The van der Waals surface area contributed by atoms with Crippen LogP contribution < -0.4 is 10.1 Å². The Balaban J connectivity index is 1.66. The summed E-state index contributed by atoms with van der Waals surface area (Å²) < 4.78 is 40.1. The number of rotatable bonds is 4. The number of fused-ring (bicyclic) bond motifs is 1. The molecule has 0 spiro atoms. The number of nitrogens with zero attached hydrogens (tertiary/aromatic N) is 1. The molecule has 24 heavy (non-hydrogen) atoms. The molecule has 0 aliphatic heterocycles. The highest BCUT2D eigenvalue weighted by Crippen LogP contribution is 2.22. The average Bonchev–Trinajstić information content (AvgIpc) is 3.01. The third-order valence-corrected chi connectivity index (χ3v) is 3.36. The first-order valence-corrected chi connectivity index (χ1v) is 6.97. The Bertz CT molecular complexity index is 857. The highest BCUT2D eigenvalue weighted by molar-refractivity contribution is 5.94. The van der Waals surface area contributed by atoms with E-state index in [1.165, 1.54) is 12.1 Å². The van der Waals surface area contributed by atoms with E-state index in [0.717, 1.165) is 28.6 Å². The van der Waals surface area contributed by atoms with Gasteiger partial charge in [-0.3, -0.25) is 9.89 Å². The van der Waals surface area contributed by atoms with E-state index in [4.69, 9.17) is 0 Å². The second kappa shape index (κ2) is 6.23. The van der Waals surface area contributed by atoms with Gasteiger partial charge in [-0.25, -0.2) is 0 Å². The topological polar surface area (TPSA) is 67.0 Å². The minimum absolute atomic E-state index is 0.240. The van der Waals surface area contributed by atoms with Crippen molar-refractivity contribution in [3.8, 4) is 5.75 Å². The maximum atomic E-state index is 12.1. The molecule has 0 saturated heterocycles. The molecule has 3 aromatic rings. The summed E-state index contributed by atoms with van der Waals surface area (Å²) in [5.41, 5.74) is 1.98. The number of ether oxygens (including phenoxy) is 1. The molecular formula is C16H12F3N3O2. The van der Waals surface area contributed by atoms with Crippen LogP contribution in [0.1, 0.15) is 15.9 Å². The molecule has 2 aromatic carbocycles. The van der Waals surface area contributed by atoms with Gasteiger partial charge in [-0.05, 0) is 35.9 Å². The Kier molecular flexibility index (Phi) is 4.11. The van der Waals surface area contributed by atoms with Gasteiger partial charge in [0.05, 0.1) is 11.7 Å². The summed E-state index contributed by atoms with van der Waals surface area (Å²) in [5, 5.41) is 10.4. The maximum absolute atomic E-state index is 12.1. The van der Waals surface area contributed by atoms with E-state index in [2.05, 4.69) is 20.3 Å². The summed E-state index contributed by atoms with van der Waals surface area (Å²) in [6.07, 6.45) is -3.09. The van der Waals surface area contributed by atoms with E-state index in [1.807, 2.05) is 18.2 Å². The number of nitrogens with one attached hydrogen (secondary N) is 2. The zero-order valence-corrected chi connectivity index (χ0v) is 12.2. The molecule has 3 rings (SSSR count). The number of benzene rings is 2. The Hall–Kier alpha value is -3.03. The molecule has 0 fully saturated rings. The van der Waals surface area contributed by atoms with Crippen molar-refractivity contribution in [1.29, 1.82) is 0 Å². The summed E-state index contributed by atoms with van der Waals surface area (Å²) in [7, 11) is 0. The highest BCUT2D eigenvalue weighted by Gasteiger charge is 2.31. The number of alkyl halides is 3. The van der Waals surface area contributed by atoms with Crippen molar-refractivity contribution < 1.29 is 22.7 Å². The van der Waals surface area contributed by atoms with Crippen LogP contribution in [0, 0.1) is 0 Å². The van der Waals surface area contributed by atoms with E-state index in [9.17, 15) is 18.0 Å². The van der Waals surface area contributed by atoms with E-state index in [0.29, 0.717) is 0 Å². The van der Waals surface area contributed by atoms with Crippen LogP contribution in [0.15, 0.2) is 48.7 Å². The Morgan fingerprint density at radius 1 is 1.17 bits per heavy atom. The van der Waals surface area contributed by atoms with Gasteiger partial charge in [0.15, 0.2) is 0 Å². The fraction of sp³-hybridized carbons (Fsp3) is 0.125. The number of carbonyl (C=O) groups is 1. The zero-order valence-electron chi connectivity index (χ0n) is 12.2. The van der Waals surface area contributed by atoms with Gasteiger partial charge in [0.1, 0.15) is 5.75 Å². The van der Waals surface area contributed by atoms with Crippen LogP contribution in [0.25, 0.3) is 10.9 Å². The summed E-state index contributed by atoms with van der Waals surface area (Å²) in [4.78, 5) is 12.1. The van der Waals surface area contributed by atoms with Crippen molar-refractivity contribution in [2.24, 2.45) is 0 Å². The summed E-state index contributed by atoms with van der Waals surface area (Å²) in [6, 6.07) is 10.3. The first-order valence-electron chi connectivity index (χ1n) is 6.97. The normalized spacial score (nSPS) is 11.5. The highest BCUT2D eigenvalue weighted by atomic mass is 19.4. The largest absolute Gasteiger partial charge is 0.573 e. The molecule has 0 radical (unpaired) electrons. The molecule has 0 aliphatic rings. The minimum Gasteiger partial charge on any atom is -0.406 e. The van der Waals surface area contributed by atoms with Gasteiger partial charge in [-0.15, -0.1) is 13.2 Å². The molecule has 1 heterocycles. The Morgan fingerprint density at radius 3 is 2.62 bits per heavy atom. The lowest BCUT2D eigenvalue weighted by atomic mass is 10.1. The number of hydrogen-bond donors (Lipinski definition) is 2. The molecule has 124 valence electrons. The van der Waals surface area contributed by atoms with Crippen LogP contribution in [0.4, 0.5) is 13.2 Å². The first-order chi connectivity index (χ1) is 11.4. The molecular weight excluding hydrogens is 323 g/mol. The standard InChI is InChI=1S/C16H12F3N3O2/c17-16(18,19)24-12-6-4-10(5-7-12)15(23)20-8-11-2-1-3-14-13(11)9-21-22-14/h1-7,9H,8H2,(H,20,23)(H,21,22). The number of aromatic nitrogens is 2. The Labute approximate surface area is 134 Å². The number of H-pyrrole nitrogens is 1. The molecule has 8 heteroatoms. The summed E-state index contributed by atoms with van der Waals surface area (Å²) >= 11 is 0. The first kappa shape index (κ1) is 15.9. The average molecular weight is 335 g/mol. The van der Waals surface area contributed by atoms with Crippen molar-refractivity contribution in [3.05, 3.63) is 59.8 Å². The van der Waals surface area contributed by atoms with Crippen molar-refractivity contribution in [2.45, 2.75) is 12.9 Å². The SMILES string of the molecule is O=C(NCc1cccc2[nH]ncc12)c1ccc(OC(F)(F)F)cc1. The van der Waals surface area contributed by atoms with Crippen LogP contribution in [0.5, 0.6) is 5.75 Å². The fourth-order valence-corrected chi connectivity index (χ4v) is 2.27. The molecule has 2 N–H and O–H groups in total. The van der Waals surface area contributed by atoms with Gasteiger partial charge in [-0.2, -0.15) is 5.10 Å². The molecule has 1 amide bonds. The van der Waals surface area contributed by atoms with Crippen molar-refractivity contribution >= 4 is 16.8 Å². The van der Waals surface area contributed by atoms with E-state index in [1.54, 1.807) is 6.20 Å². The quantitative estimate of drug-likeness (QED) is 0.768. The van der Waals surface area contributed by atoms with Crippen molar-refractivity contribution in [2.75, 3.05) is 0 Å². The molecule has 0 aliphatic carbocycles. The van der Waals surface area contributed by atoms with Gasteiger partial charge >= 0.3 is 6.36 Å². The zero-order chi connectivity index (χ0) is 17.2. The predicted octanol–water partition coefficient (Wildman–Crippen LogP) is 3.39. The second-order valence-corrected chi connectivity index (χ2v) is 5.00. The van der Waals surface area contributed by atoms with Gasteiger partial charge in [0.2, 0.25) is 0 Å². The molecule has 0 unspecified atom stereocenters. The molecule has 0 bridgehead atoms. The summed E-state index contributed by atoms with van der Waals surface area (Å²) in [5.74, 6) is -0.767.